The molecule has 1 aromatic heterocycles. The van der Waals surface area contributed by atoms with Crippen molar-refractivity contribution in [2.45, 2.75) is 33.2 Å². The van der Waals surface area contributed by atoms with Crippen molar-refractivity contribution in [2.24, 2.45) is 0 Å². The molecule has 3 N–H and O–H groups in total. The fraction of sp³-hybridized carbons (Fsp3) is 0.333. The van der Waals surface area contributed by atoms with Gasteiger partial charge >= 0.3 is 0 Å². The van der Waals surface area contributed by atoms with Gasteiger partial charge in [-0.1, -0.05) is 41.2 Å². The molecule has 1 heterocycles. The summed E-state index contributed by atoms with van der Waals surface area (Å²) in [5.74, 6) is 0.203. The van der Waals surface area contributed by atoms with Gasteiger partial charge in [0, 0.05) is 11.1 Å². The molecule has 5 heteroatoms. The smallest absolute Gasteiger partial charge is 0.206 e. The topological polar surface area (TPSA) is 68.0 Å². The number of nitrogen functional groups attached to an aromatic ring is 1. The Balaban J connectivity index is 2.29. The average molecular weight is 289 g/mol. The molecule has 0 saturated carbocycles. The van der Waals surface area contributed by atoms with Gasteiger partial charge in [-0.25, -0.2) is 4.98 Å². The third kappa shape index (κ3) is 3.36. The summed E-state index contributed by atoms with van der Waals surface area (Å²) < 4.78 is 0. The molecule has 0 aliphatic heterocycles. The van der Waals surface area contributed by atoms with E-state index in [9.17, 15) is 4.79 Å². The molecule has 0 aliphatic carbocycles. The van der Waals surface area contributed by atoms with E-state index in [1.165, 1.54) is 11.3 Å². The Labute approximate surface area is 123 Å². The molecule has 106 valence electrons. The van der Waals surface area contributed by atoms with E-state index < -0.39 is 0 Å². The van der Waals surface area contributed by atoms with Crippen LogP contribution in [-0.4, -0.2) is 16.3 Å². The average Bonchev–Trinajstić information content (AvgIpc) is 2.67. The van der Waals surface area contributed by atoms with Crippen molar-refractivity contribution < 1.29 is 4.79 Å². The first-order chi connectivity index (χ1) is 9.26. The van der Waals surface area contributed by atoms with Crippen LogP contribution in [0.15, 0.2) is 24.3 Å². The molecule has 1 aromatic carbocycles. The number of nitrogens with zero attached hydrogens (tertiary/aromatic N) is 1. The van der Waals surface area contributed by atoms with Crippen LogP contribution in [0.1, 0.15) is 41.6 Å². The summed E-state index contributed by atoms with van der Waals surface area (Å²) in [4.78, 5) is 17.1. The largest absolute Gasteiger partial charge is 0.382 e. The van der Waals surface area contributed by atoms with Crippen LogP contribution in [0.25, 0.3) is 0 Å². The number of thiazole rings is 1. The van der Waals surface area contributed by atoms with Crippen LogP contribution < -0.4 is 11.1 Å². The maximum atomic E-state index is 12.4. The van der Waals surface area contributed by atoms with Gasteiger partial charge in [-0.15, -0.1) is 0 Å². The van der Waals surface area contributed by atoms with Gasteiger partial charge in [-0.3, -0.25) is 4.79 Å². The standard InChI is InChI=1S/C15H19N3OS/c1-9-5-7-10(8-6-9)11(19)12-13(16)17-14(20-12)18-15(2,3)4/h5-8H,16H2,1-4H3,(H,17,18). The van der Waals surface area contributed by atoms with Crippen molar-refractivity contribution >= 4 is 28.1 Å². The summed E-state index contributed by atoms with van der Waals surface area (Å²) in [6.07, 6.45) is 0. The van der Waals surface area contributed by atoms with E-state index in [4.69, 9.17) is 5.73 Å². The van der Waals surface area contributed by atoms with Crippen LogP contribution >= 0.6 is 11.3 Å². The maximum Gasteiger partial charge on any atom is 0.206 e. The number of carbonyl (C=O) groups is 1. The van der Waals surface area contributed by atoms with Crippen LogP contribution in [0, 0.1) is 6.92 Å². The highest BCUT2D eigenvalue weighted by Crippen LogP contribution is 2.29. The highest BCUT2D eigenvalue weighted by Gasteiger charge is 2.20. The number of anilines is 2. The second-order valence-electron chi connectivity index (χ2n) is 5.80. The number of nitrogens with two attached hydrogens (primary N) is 1. The fourth-order valence-electron chi connectivity index (χ4n) is 1.70. The number of carbonyl (C=O) groups excluding carboxylic acids is 1. The molecule has 0 radical (unpaired) electrons. The number of hydrogen-bond donors (Lipinski definition) is 2. The number of aryl methyl sites for hydroxylation is 1. The van der Waals surface area contributed by atoms with Crippen molar-refractivity contribution in [1.82, 2.24) is 4.98 Å². The van der Waals surface area contributed by atoms with Crippen molar-refractivity contribution in [1.29, 1.82) is 0 Å². The highest BCUT2D eigenvalue weighted by molar-refractivity contribution is 7.18. The Bertz CT molecular complexity index is 624. The minimum Gasteiger partial charge on any atom is -0.382 e. The number of hydrogen-bond acceptors (Lipinski definition) is 5. The van der Waals surface area contributed by atoms with Crippen molar-refractivity contribution in [3.05, 3.63) is 40.3 Å². The van der Waals surface area contributed by atoms with Crippen LogP contribution in [0.5, 0.6) is 0 Å². The van der Waals surface area contributed by atoms with Crippen molar-refractivity contribution in [2.75, 3.05) is 11.1 Å². The molecule has 4 nitrogen and oxygen atoms in total. The summed E-state index contributed by atoms with van der Waals surface area (Å²) in [5.41, 5.74) is 7.50. The van der Waals surface area contributed by atoms with E-state index in [0.717, 1.165) is 5.56 Å². The van der Waals surface area contributed by atoms with Gasteiger partial charge < -0.3 is 11.1 Å². The first-order valence-corrected chi connectivity index (χ1v) is 7.24. The number of benzene rings is 1. The predicted octanol–water partition coefficient (Wildman–Crippen LogP) is 3.48. The van der Waals surface area contributed by atoms with Crippen LogP contribution in [0.3, 0.4) is 0 Å². The van der Waals surface area contributed by atoms with Gasteiger partial charge in [0.15, 0.2) is 5.13 Å². The number of ketones is 1. The first-order valence-electron chi connectivity index (χ1n) is 6.42. The Hall–Kier alpha value is -1.88. The zero-order valence-electron chi connectivity index (χ0n) is 12.2. The molecule has 2 aromatic rings. The maximum absolute atomic E-state index is 12.4. The van der Waals surface area contributed by atoms with Crippen molar-refractivity contribution in [3.8, 4) is 0 Å². The summed E-state index contributed by atoms with van der Waals surface area (Å²) in [6.45, 7) is 8.09. The molecule has 0 saturated heterocycles. The molecule has 0 bridgehead atoms. The molecule has 0 unspecified atom stereocenters. The lowest BCUT2D eigenvalue weighted by Crippen LogP contribution is -2.25. The second kappa shape index (κ2) is 5.25. The van der Waals surface area contributed by atoms with E-state index in [-0.39, 0.29) is 17.1 Å². The van der Waals surface area contributed by atoms with Gasteiger partial charge in [-0.2, -0.15) is 0 Å². The lowest BCUT2D eigenvalue weighted by Gasteiger charge is -2.19. The highest BCUT2D eigenvalue weighted by atomic mass is 32.1. The minimum absolute atomic E-state index is 0.0815. The molecule has 20 heavy (non-hydrogen) atoms. The van der Waals surface area contributed by atoms with E-state index in [2.05, 4.69) is 10.3 Å². The van der Waals surface area contributed by atoms with E-state index in [0.29, 0.717) is 15.6 Å². The number of rotatable bonds is 3. The lowest BCUT2D eigenvalue weighted by atomic mass is 10.1. The molecule has 0 aliphatic rings. The second-order valence-corrected chi connectivity index (χ2v) is 6.80. The Morgan fingerprint density at radius 1 is 1.25 bits per heavy atom. The normalized spacial score (nSPS) is 11.4. The zero-order valence-corrected chi connectivity index (χ0v) is 13.0. The van der Waals surface area contributed by atoms with Crippen LogP contribution in [0.2, 0.25) is 0 Å². The third-order valence-corrected chi connectivity index (χ3v) is 3.64. The molecule has 0 fully saturated rings. The quantitative estimate of drug-likeness (QED) is 0.849. The van der Waals surface area contributed by atoms with E-state index in [1.807, 2.05) is 52.0 Å². The molecular weight excluding hydrogens is 270 g/mol. The van der Waals surface area contributed by atoms with Crippen LogP contribution in [-0.2, 0) is 0 Å². The fourth-order valence-corrected chi connectivity index (χ4v) is 2.76. The SMILES string of the molecule is Cc1ccc(C(=O)c2sc(NC(C)(C)C)nc2N)cc1. The zero-order chi connectivity index (χ0) is 14.9. The molecule has 0 spiro atoms. The monoisotopic (exact) mass is 289 g/mol. The summed E-state index contributed by atoms with van der Waals surface area (Å²) in [6, 6.07) is 7.46. The van der Waals surface area contributed by atoms with Gasteiger partial charge in [0.05, 0.1) is 0 Å². The molecular formula is C15H19N3OS. The first kappa shape index (κ1) is 14.5. The third-order valence-electron chi connectivity index (χ3n) is 2.66. The lowest BCUT2D eigenvalue weighted by molar-refractivity contribution is 0.104. The molecule has 2 rings (SSSR count). The summed E-state index contributed by atoms with van der Waals surface area (Å²) in [5, 5.41) is 3.90. The van der Waals surface area contributed by atoms with E-state index in [1.54, 1.807) is 0 Å². The van der Waals surface area contributed by atoms with Crippen LogP contribution in [0.4, 0.5) is 10.9 Å². The van der Waals surface area contributed by atoms with Gasteiger partial charge in [0.25, 0.3) is 0 Å². The summed E-state index contributed by atoms with van der Waals surface area (Å²) >= 11 is 1.30. The van der Waals surface area contributed by atoms with Gasteiger partial charge in [0.2, 0.25) is 5.78 Å². The Morgan fingerprint density at radius 2 is 1.85 bits per heavy atom. The van der Waals surface area contributed by atoms with E-state index >= 15 is 0 Å². The van der Waals surface area contributed by atoms with Gasteiger partial charge in [-0.05, 0) is 27.7 Å². The number of nitrogens with one attached hydrogen (secondary N) is 1. The molecule has 0 amide bonds. The Morgan fingerprint density at radius 3 is 2.40 bits per heavy atom. The molecule has 0 atom stereocenters. The van der Waals surface area contributed by atoms with Crippen molar-refractivity contribution in [3.63, 3.8) is 0 Å². The minimum atomic E-state index is -0.117. The van der Waals surface area contributed by atoms with Gasteiger partial charge in [0.1, 0.15) is 10.7 Å². The Kier molecular flexibility index (Phi) is 3.81. The summed E-state index contributed by atoms with van der Waals surface area (Å²) in [7, 11) is 0. The predicted molar refractivity (Wildman–Crippen MR) is 84.5 cm³/mol. The number of aromatic nitrogens is 1.